The molecular weight excluding hydrogens is 388 g/mol. The normalized spacial score (nSPS) is 10.4. The summed E-state index contributed by atoms with van der Waals surface area (Å²) in [5.74, 6) is -0.459. The number of nitro groups is 1. The van der Waals surface area contributed by atoms with Crippen LogP contribution in [-0.4, -0.2) is 22.9 Å². The van der Waals surface area contributed by atoms with Gasteiger partial charge in [-0.25, -0.2) is 4.98 Å². The molecule has 7 nitrogen and oxygen atoms in total. The smallest absolute Gasteiger partial charge is 0.293 e. The molecule has 2 aromatic carbocycles. The number of aromatic nitrogens is 1. The number of nitrogens with one attached hydrogen (secondary N) is 2. The third-order valence-corrected chi connectivity index (χ3v) is 5.10. The van der Waals surface area contributed by atoms with E-state index in [1.165, 1.54) is 29.5 Å². The van der Waals surface area contributed by atoms with Gasteiger partial charge in [-0.1, -0.05) is 29.8 Å². The maximum absolute atomic E-state index is 12.4. The Morgan fingerprint density at radius 2 is 2.07 bits per heavy atom. The maximum Gasteiger partial charge on any atom is 0.293 e. The Morgan fingerprint density at radius 1 is 1.30 bits per heavy atom. The largest absolute Gasteiger partial charge is 0.383 e. The van der Waals surface area contributed by atoms with Gasteiger partial charge in [0.25, 0.3) is 11.6 Å². The van der Waals surface area contributed by atoms with Crippen molar-refractivity contribution < 1.29 is 9.72 Å². The van der Waals surface area contributed by atoms with E-state index in [1.54, 1.807) is 13.2 Å². The fourth-order valence-electron chi connectivity index (χ4n) is 2.48. The zero-order chi connectivity index (χ0) is 19.4. The van der Waals surface area contributed by atoms with Crippen LogP contribution in [0.1, 0.15) is 20.8 Å². The minimum Gasteiger partial charge on any atom is -0.383 e. The van der Waals surface area contributed by atoms with Crippen LogP contribution in [0.4, 0.5) is 16.5 Å². The summed E-state index contributed by atoms with van der Waals surface area (Å²) < 4.78 is 0. The molecule has 0 saturated heterocycles. The van der Waals surface area contributed by atoms with Gasteiger partial charge in [0.2, 0.25) is 0 Å². The average Bonchev–Trinajstić information content (AvgIpc) is 3.09. The first-order chi connectivity index (χ1) is 13.0. The molecule has 138 valence electrons. The summed E-state index contributed by atoms with van der Waals surface area (Å²) in [7, 11) is 1.58. The molecule has 3 aromatic rings. The zero-order valence-corrected chi connectivity index (χ0v) is 15.8. The van der Waals surface area contributed by atoms with E-state index in [-0.39, 0.29) is 11.3 Å². The van der Waals surface area contributed by atoms with E-state index in [0.717, 1.165) is 10.4 Å². The first kappa shape index (κ1) is 18.8. The Hall–Kier alpha value is -2.97. The van der Waals surface area contributed by atoms with E-state index in [1.807, 2.05) is 24.3 Å². The van der Waals surface area contributed by atoms with Crippen molar-refractivity contribution in [2.45, 2.75) is 6.42 Å². The molecule has 0 bridgehead atoms. The van der Waals surface area contributed by atoms with Gasteiger partial charge in [-0.05, 0) is 23.8 Å². The maximum atomic E-state index is 12.4. The van der Waals surface area contributed by atoms with Gasteiger partial charge in [-0.15, -0.1) is 11.3 Å². The molecule has 1 aromatic heterocycles. The molecule has 0 spiro atoms. The molecule has 0 saturated carbocycles. The Balaban J connectivity index is 1.74. The standard InChI is InChI=1S/C18H15ClN4O3S/c1-20-15-7-6-12(9-16(15)23(25)26)17(24)22-18-21-10-13(27-18)8-11-4-2-3-5-14(11)19/h2-7,9-10,20H,8H2,1H3,(H,21,22,24). The van der Waals surface area contributed by atoms with Gasteiger partial charge < -0.3 is 5.32 Å². The van der Waals surface area contributed by atoms with E-state index < -0.39 is 10.8 Å². The number of thiazole rings is 1. The highest BCUT2D eigenvalue weighted by molar-refractivity contribution is 7.15. The molecular formula is C18H15ClN4O3S. The minimum atomic E-state index is -0.534. The average molecular weight is 403 g/mol. The summed E-state index contributed by atoms with van der Waals surface area (Å²) in [4.78, 5) is 28.1. The van der Waals surface area contributed by atoms with Gasteiger partial charge >= 0.3 is 0 Å². The Bertz CT molecular complexity index is 1010. The van der Waals surface area contributed by atoms with Gasteiger partial charge in [-0.2, -0.15) is 0 Å². The van der Waals surface area contributed by atoms with Crippen LogP contribution in [-0.2, 0) is 6.42 Å². The predicted octanol–water partition coefficient (Wildman–Crippen LogP) is 4.59. The number of amides is 1. The Kier molecular flexibility index (Phi) is 5.68. The van der Waals surface area contributed by atoms with Crippen LogP contribution in [0.2, 0.25) is 5.02 Å². The van der Waals surface area contributed by atoms with Crippen LogP contribution in [0.5, 0.6) is 0 Å². The van der Waals surface area contributed by atoms with Crippen molar-refractivity contribution in [3.63, 3.8) is 0 Å². The number of nitrogens with zero attached hydrogens (tertiary/aromatic N) is 2. The summed E-state index contributed by atoms with van der Waals surface area (Å²) in [6.07, 6.45) is 2.28. The second kappa shape index (κ2) is 8.15. The van der Waals surface area contributed by atoms with Crippen LogP contribution >= 0.6 is 22.9 Å². The fourth-order valence-corrected chi connectivity index (χ4v) is 3.51. The van der Waals surface area contributed by atoms with Crippen molar-refractivity contribution in [3.8, 4) is 0 Å². The van der Waals surface area contributed by atoms with Crippen LogP contribution in [0.3, 0.4) is 0 Å². The summed E-state index contributed by atoms with van der Waals surface area (Å²) in [5, 5.41) is 17.6. The second-order valence-corrected chi connectivity index (χ2v) is 7.12. The third-order valence-electron chi connectivity index (χ3n) is 3.82. The monoisotopic (exact) mass is 402 g/mol. The lowest BCUT2D eigenvalue weighted by Crippen LogP contribution is -2.12. The van der Waals surface area contributed by atoms with Crippen molar-refractivity contribution in [1.29, 1.82) is 0 Å². The molecule has 1 heterocycles. The number of benzene rings is 2. The minimum absolute atomic E-state index is 0.163. The lowest BCUT2D eigenvalue weighted by molar-refractivity contribution is -0.384. The van der Waals surface area contributed by atoms with Gasteiger partial charge in [0.05, 0.1) is 4.92 Å². The van der Waals surface area contributed by atoms with Gasteiger partial charge in [0.15, 0.2) is 5.13 Å². The number of rotatable bonds is 6. The summed E-state index contributed by atoms with van der Waals surface area (Å²) >= 11 is 7.49. The highest BCUT2D eigenvalue weighted by Crippen LogP contribution is 2.27. The van der Waals surface area contributed by atoms with E-state index >= 15 is 0 Å². The summed E-state index contributed by atoms with van der Waals surface area (Å²) in [6, 6.07) is 11.8. The topological polar surface area (TPSA) is 97.2 Å². The van der Waals surface area contributed by atoms with Gasteiger partial charge in [0.1, 0.15) is 5.69 Å². The lowest BCUT2D eigenvalue weighted by Gasteiger charge is -2.05. The molecule has 0 unspecified atom stereocenters. The van der Waals surface area contributed by atoms with Crippen molar-refractivity contribution >= 4 is 45.4 Å². The van der Waals surface area contributed by atoms with E-state index in [4.69, 9.17) is 11.6 Å². The summed E-state index contributed by atoms with van der Waals surface area (Å²) in [6.45, 7) is 0. The molecule has 1 amide bonds. The van der Waals surface area contributed by atoms with Gasteiger partial charge in [-0.3, -0.25) is 20.2 Å². The SMILES string of the molecule is CNc1ccc(C(=O)Nc2ncc(Cc3ccccc3Cl)s2)cc1[N+](=O)[O-]. The van der Waals surface area contributed by atoms with Crippen molar-refractivity contribution in [2.75, 3.05) is 17.7 Å². The van der Waals surface area contributed by atoms with Crippen molar-refractivity contribution in [1.82, 2.24) is 4.98 Å². The van der Waals surface area contributed by atoms with E-state index in [2.05, 4.69) is 15.6 Å². The highest BCUT2D eigenvalue weighted by atomic mass is 35.5. The number of carbonyl (C=O) groups is 1. The molecule has 0 aliphatic heterocycles. The van der Waals surface area contributed by atoms with Crippen LogP contribution in [0.15, 0.2) is 48.7 Å². The molecule has 0 atom stereocenters. The predicted molar refractivity (Wildman–Crippen MR) is 107 cm³/mol. The van der Waals surface area contributed by atoms with E-state index in [9.17, 15) is 14.9 Å². The Labute approximate surface area is 164 Å². The number of anilines is 2. The van der Waals surface area contributed by atoms with Crippen molar-refractivity contribution in [2.24, 2.45) is 0 Å². The number of hydrogen-bond acceptors (Lipinski definition) is 6. The fraction of sp³-hybridized carbons (Fsp3) is 0.111. The first-order valence-electron chi connectivity index (χ1n) is 7.93. The molecule has 0 aliphatic carbocycles. The molecule has 3 rings (SSSR count). The molecule has 27 heavy (non-hydrogen) atoms. The quantitative estimate of drug-likeness (QED) is 0.464. The summed E-state index contributed by atoms with van der Waals surface area (Å²) in [5.41, 5.74) is 1.33. The number of nitro benzene ring substituents is 1. The van der Waals surface area contributed by atoms with Crippen molar-refractivity contribution in [3.05, 3.63) is 79.8 Å². The van der Waals surface area contributed by atoms with Crippen LogP contribution in [0, 0.1) is 10.1 Å². The second-order valence-electron chi connectivity index (χ2n) is 5.59. The van der Waals surface area contributed by atoms with Gasteiger partial charge in [0, 0.05) is 41.2 Å². The number of carbonyl (C=O) groups excluding carboxylic acids is 1. The highest BCUT2D eigenvalue weighted by Gasteiger charge is 2.17. The lowest BCUT2D eigenvalue weighted by atomic mass is 10.1. The molecule has 2 N–H and O–H groups in total. The van der Waals surface area contributed by atoms with Crippen LogP contribution < -0.4 is 10.6 Å². The molecule has 0 radical (unpaired) electrons. The number of hydrogen-bond donors (Lipinski definition) is 2. The van der Waals surface area contributed by atoms with Crippen LogP contribution in [0.25, 0.3) is 0 Å². The third kappa shape index (κ3) is 4.42. The molecule has 9 heteroatoms. The number of halogens is 1. The Morgan fingerprint density at radius 3 is 2.78 bits per heavy atom. The molecule has 0 fully saturated rings. The molecule has 0 aliphatic rings. The zero-order valence-electron chi connectivity index (χ0n) is 14.2. The van der Waals surface area contributed by atoms with E-state index in [0.29, 0.717) is 22.3 Å². The first-order valence-corrected chi connectivity index (χ1v) is 9.13.